The van der Waals surface area contributed by atoms with Crippen LogP contribution in [-0.4, -0.2) is 28.9 Å². The number of hydrogen-bond donors (Lipinski definition) is 2. The molecule has 4 nitrogen and oxygen atoms in total. The lowest BCUT2D eigenvalue weighted by Crippen LogP contribution is -2.38. The Hall–Kier alpha value is -0.900. The second-order valence-electron chi connectivity index (χ2n) is 4.44. The number of carbonyl (C=O) groups is 2. The summed E-state index contributed by atoms with van der Waals surface area (Å²) in [5.74, 6) is -0.797. The molecule has 0 saturated carbocycles. The minimum Gasteiger partial charge on any atom is -0.481 e. The molecule has 0 aliphatic rings. The largest absolute Gasteiger partial charge is 0.481 e. The second kappa shape index (κ2) is 6.56. The highest BCUT2D eigenvalue weighted by atomic mass is 16.4. The molecule has 0 fully saturated rings. The van der Waals surface area contributed by atoms with Crippen LogP contribution in [0.15, 0.2) is 0 Å². The molecule has 1 unspecified atom stereocenters. The van der Waals surface area contributed by atoms with Crippen molar-refractivity contribution in [1.82, 2.24) is 5.32 Å². The van der Waals surface area contributed by atoms with Gasteiger partial charge in [-0.15, -0.1) is 0 Å². The van der Waals surface area contributed by atoms with Crippen molar-refractivity contribution in [2.24, 2.45) is 5.92 Å². The van der Waals surface area contributed by atoms with Crippen LogP contribution in [-0.2, 0) is 9.59 Å². The minimum absolute atomic E-state index is 0.00333. The molecular weight excluding hydrogens is 194 g/mol. The van der Waals surface area contributed by atoms with E-state index in [1.165, 1.54) is 0 Å². The van der Waals surface area contributed by atoms with E-state index in [0.717, 1.165) is 0 Å². The molecule has 2 N–H and O–H groups in total. The lowest BCUT2D eigenvalue weighted by atomic mass is 9.99. The van der Waals surface area contributed by atoms with Crippen molar-refractivity contribution < 1.29 is 14.7 Å². The van der Waals surface area contributed by atoms with Crippen LogP contribution in [0.4, 0.5) is 0 Å². The summed E-state index contributed by atoms with van der Waals surface area (Å²) in [4.78, 5) is 22.1. The first-order valence-electron chi connectivity index (χ1n) is 5.33. The van der Waals surface area contributed by atoms with Crippen LogP contribution in [0.2, 0.25) is 0 Å². The lowest BCUT2D eigenvalue weighted by Gasteiger charge is -2.19. The maximum absolute atomic E-state index is 11.5. The highest BCUT2D eigenvalue weighted by Crippen LogP contribution is 2.06. The van der Waals surface area contributed by atoms with Gasteiger partial charge in [0, 0.05) is 24.4 Å². The van der Waals surface area contributed by atoms with Gasteiger partial charge in [-0.1, -0.05) is 27.7 Å². The molecule has 0 bridgehead atoms. The van der Waals surface area contributed by atoms with Crippen molar-refractivity contribution in [3.8, 4) is 0 Å². The van der Waals surface area contributed by atoms with E-state index in [4.69, 9.17) is 5.11 Å². The van der Waals surface area contributed by atoms with Crippen LogP contribution in [0.3, 0.4) is 0 Å². The van der Waals surface area contributed by atoms with Gasteiger partial charge in [-0.2, -0.15) is 0 Å². The fourth-order valence-corrected chi connectivity index (χ4v) is 1.35. The molecule has 4 heteroatoms. The fourth-order valence-electron chi connectivity index (χ4n) is 1.35. The summed E-state index contributed by atoms with van der Waals surface area (Å²) in [6.45, 7) is 7.54. The molecule has 1 atom stereocenters. The van der Waals surface area contributed by atoms with Gasteiger partial charge in [0.15, 0.2) is 0 Å². The molecule has 0 rings (SSSR count). The molecule has 0 aromatic rings. The molecule has 0 heterocycles. The lowest BCUT2D eigenvalue weighted by molar-refractivity contribution is -0.137. The van der Waals surface area contributed by atoms with E-state index in [1.807, 2.05) is 27.7 Å². The molecule has 0 amide bonds. The average Bonchev–Trinajstić information content (AvgIpc) is 2.00. The topological polar surface area (TPSA) is 66.4 Å². The summed E-state index contributed by atoms with van der Waals surface area (Å²) >= 11 is 0. The molecule has 15 heavy (non-hydrogen) atoms. The zero-order valence-corrected chi connectivity index (χ0v) is 9.91. The number of carboxylic acids is 1. The van der Waals surface area contributed by atoms with Gasteiger partial charge in [0.2, 0.25) is 0 Å². The van der Waals surface area contributed by atoms with Gasteiger partial charge >= 0.3 is 5.97 Å². The number of carbonyl (C=O) groups excluding carboxylic acids is 1. The summed E-state index contributed by atoms with van der Waals surface area (Å²) in [5.41, 5.74) is 0. The van der Waals surface area contributed by atoms with Crippen LogP contribution in [0.5, 0.6) is 0 Å². The van der Waals surface area contributed by atoms with Crippen molar-refractivity contribution in [1.29, 1.82) is 0 Å². The quantitative estimate of drug-likeness (QED) is 0.674. The first-order chi connectivity index (χ1) is 6.82. The molecule has 0 spiro atoms. The van der Waals surface area contributed by atoms with Gasteiger partial charge in [0.25, 0.3) is 0 Å². The van der Waals surface area contributed by atoms with Crippen molar-refractivity contribution >= 4 is 11.8 Å². The zero-order chi connectivity index (χ0) is 12.0. The zero-order valence-electron chi connectivity index (χ0n) is 9.91. The number of nitrogens with one attached hydrogen (secondary N) is 1. The van der Waals surface area contributed by atoms with Crippen molar-refractivity contribution in [3.05, 3.63) is 0 Å². The summed E-state index contributed by atoms with van der Waals surface area (Å²) in [7, 11) is 0. The van der Waals surface area contributed by atoms with E-state index < -0.39 is 5.97 Å². The van der Waals surface area contributed by atoms with Gasteiger partial charge in [-0.3, -0.25) is 9.59 Å². The number of rotatable bonds is 7. The predicted molar refractivity (Wildman–Crippen MR) is 58.8 cm³/mol. The van der Waals surface area contributed by atoms with Crippen LogP contribution >= 0.6 is 0 Å². The highest BCUT2D eigenvalue weighted by molar-refractivity contribution is 5.81. The van der Waals surface area contributed by atoms with Gasteiger partial charge in [0.05, 0.1) is 6.42 Å². The number of aliphatic carboxylic acids is 1. The van der Waals surface area contributed by atoms with Crippen LogP contribution in [0.25, 0.3) is 0 Å². The molecule has 88 valence electrons. The normalized spacial score (nSPS) is 13.2. The van der Waals surface area contributed by atoms with E-state index in [9.17, 15) is 9.59 Å². The Bertz CT molecular complexity index is 224. The number of Topliss-reactive ketones (excluding diaryl/α,β-unsaturated/α-hetero) is 1. The summed E-state index contributed by atoms with van der Waals surface area (Å²) in [5, 5.41) is 11.8. The van der Waals surface area contributed by atoms with Gasteiger partial charge in [-0.05, 0) is 0 Å². The first-order valence-corrected chi connectivity index (χ1v) is 5.33. The molecule has 0 aromatic heterocycles. The Balaban J connectivity index is 4.23. The maximum atomic E-state index is 11.5. The van der Waals surface area contributed by atoms with E-state index in [-0.39, 0.29) is 30.2 Å². The molecule has 0 aliphatic carbocycles. The van der Waals surface area contributed by atoms with E-state index in [1.54, 1.807) is 0 Å². The van der Waals surface area contributed by atoms with Crippen molar-refractivity contribution in [3.63, 3.8) is 0 Å². The Kier molecular flexibility index (Phi) is 6.17. The average molecular weight is 215 g/mol. The van der Waals surface area contributed by atoms with E-state index in [2.05, 4.69) is 5.32 Å². The van der Waals surface area contributed by atoms with Gasteiger partial charge < -0.3 is 10.4 Å². The van der Waals surface area contributed by atoms with Gasteiger partial charge in [0.1, 0.15) is 5.78 Å². The number of hydrogen-bond acceptors (Lipinski definition) is 3. The summed E-state index contributed by atoms with van der Waals surface area (Å²) in [6.07, 6.45) is 0.290. The second-order valence-corrected chi connectivity index (χ2v) is 4.44. The van der Waals surface area contributed by atoms with Crippen LogP contribution in [0, 0.1) is 5.92 Å². The van der Waals surface area contributed by atoms with Gasteiger partial charge in [-0.25, -0.2) is 0 Å². The minimum atomic E-state index is -0.871. The maximum Gasteiger partial charge on any atom is 0.304 e. The fraction of sp³-hybridized carbons (Fsp3) is 0.818. The van der Waals surface area contributed by atoms with Crippen LogP contribution < -0.4 is 5.32 Å². The molecule has 0 saturated heterocycles. The highest BCUT2D eigenvalue weighted by Gasteiger charge is 2.19. The Labute approximate surface area is 91.1 Å². The molecule has 0 aromatic carbocycles. The summed E-state index contributed by atoms with van der Waals surface area (Å²) < 4.78 is 0. The van der Waals surface area contributed by atoms with Crippen molar-refractivity contribution in [2.75, 3.05) is 0 Å². The number of carboxylic acid groups (broad SMARTS) is 1. The smallest absolute Gasteiger partial charge is 0.304 e. The summed E-state index contributed by atoms with van der Waals surface area (Å²) in [6, 6.07) is -0.0632. The Morgan fingerprint density at radius 1 is 1.13 bits per heavy atom. The third-order valence-corrected chi connectivity index (χ3v) is 2.08. The standard InChI is InChI=1S/C11H21NO3/c1-7(2)10(13)5-9(6-11(14)15)12-8(3)4/h7-9,12H,5-6H2,1-4H3,(H,14,15). The number of ketones is 1. The Morgan fingerprint density at radius 3 is 2.00 bits per heavy atom. The van der Waals surface area contributed by atoms with Crippen LogP contribution in [0.1, 0.15) is 40.5 Å². The van der Waals surface area contributed by atoms with E-state index >= 15 is 0 Å². The molecule has 0 radical (unpaired) electrons. The van der Waals surface area contributed by atoms with Crippen molar-refractivity contribution in [2.45, 2.75) is 52.6 Å². The van der Waals surface area contributed by atoms with E-state index in [0.29, 0.717) is 6.42 Å². The third-order valence-electron chi connectivity index (χ3n) is 2.08. The SMILES string of the molecule is CC(C)NC(CC(=O)O)CC(=O)C(C)C. The Morgan fingerprint density at radius 2 is 1.67 bits per heavy atom. The first kappa shape index (κ1) is 14.1. The predicted octanol–water partition coefficient (Wildman–Crippen LogP) is 1.44. The molecular formula is C11H21NO3. The monoisotopic (exact) mass is 215 g/mol. The molecule has 0 aliphatic heterocycles. The third kappa shape index (κ3) is 7.08.